The number of allylic oxidation sites excluding steroid dienone is 2. The van der Waals surface area contributed by atoms with E-state index < -0.39 is 5.60 Å². The predicted octanol–water partition coefficient (Wildman–Crippen LogP) is 3.16. The molecule has 0 aromatic heterocycles. The summed E-state index contributed by atoms with van der Waals surface area (Å²) in [7, 11) is 0. The van der Waals surface area contributed by atoms with Crippen LogP contribution >= 0.6 is 15.9 Å². The molecule has 0 bridgehead atoms. The minimum Gasteiger partial charge on any atom is -0.462 e. The molecule has 0 heterocycles. The van der Waals surface area contributed by atoms with Gasteiger partial charge >= 0.3 is 11.9 Å². The second-order valence-electron chi connectivity index (χ2n) is 4.50. The van der Waals surface area contributed by atoms with Crippen molar-refractivity contribution in [3.05, 3.63) is 23.8 Å². The molecule has 0 rings (SSSR count). The first-order valence-electron chi connectivity index (χ1n) is 6.01. The van der Waals surface area contributed by atoms with E-state index >= 15 is 0 Å². The molecule has 0 saturated carbocycles. The number of carbonyl (C=O) groups is 2. The molecule has 0 aliphatic carbocycles. The van der Waals surface area contributed by atoms with E-state index in [1.54, 1.807) is 0 Å². The van der Waals surface area contributed by atoms with Gasteiger partial charge in [0, 0.05) is 19.2 Å². The topological polar surface area (TPSA) is 52.6 Å². The van der Waals surface area contributed by atoms with Gasteiger partial charge in [0.1, 0.15) is 12.2 Å². The molecular formula is C14H21BrO4. The number of rotatable bonds is 7. The van der Waals surface area contributed by atoms with Gasteiger partial charge in [-0.2, -0.15) is 0 Å². The lowest BCUT2D eigenvalue weighted by Crippen LogP contribution is -2.30. The molecule has 108 valence electrons. The highest BCUT2D eigenvalue weighted by Gasteiger charge is 2.22. The van der Waals surface area contributed by atoms with Crippen molar-refractivity contribution >= 4 is 27.9 Å². The summed E-state index contributed by atoms with van der Waals surface area (Å²) < 4.78 is 10.0. The number of alkyl halides is 1. The summed E-state index contributed by atoms with van der Waals surface area (Å²) in [5, 5.41) is 0.534. The lowest BCUT2D eigenvalue weighted by Gasteiger charge is -2.23. The molecule has 0 fully saturated rings. The Morgan fingerprint density at radius 2 is 1.84 bits per heavy atom. The third-order valence-corrected chi connectivity index (χ3v) is 3.38. The van der Waals surface area contributed by atoms with Crippen LogP contribution in [0.25, 0.3) is 0 Å². The Kier molecular flexibility index (Phi) is 8.39. The summed E-state index contributed by atoms with van der Waals surface area (Å²) in [5.41, 5.74) is 0.444. The van der Waals surface area contributed by atoms with Crippen molar-refractivity contribution in [1.82, 2.24) is 0 Å². The molecule has 0 aliphatic rings. The molecule has 0 radical (unpaired) electrons. The Morgan fingerprint density at radius 3 is 2.32 bits per heavy atom. The molecule has 0 aromatic rings. The quantitative estimate of drug-likeness (QED) is 0.408. The standard InChI is InChI=1S/C14H21BrO4/c1-11(7-9-18-12(2)16)6-5-8-14(4,10-15)19-13(3)17/h5,7-8H,6,9-10H2,1-4H3. The zero-order chi connectivity index (χ0) is 14.9. The molecule has 0 aromatic carbocycles. The molecule has 0 amide bonds. The maximum atomic E-state index is 11.0. The third-order valence-electron chi connectivity index (χ3n) is 2.27. The summed E-state index contributed by atoms with van der Waals surface area (Å²) in [4.78, 5) is 21.6. The molecule has 0 N–H and O–H groups in total. The van der Waals surface area contributed by atoms with Gasteiger partial charge in [0.15, 0.2) is 0 Å². The van der Waals surface area contributed by atoms with Crippen LogP contribution < -0.4 is 0 Å². The second-order valence-corrected chi connectivity index (χ2v) is 5.06. The zero-order valence-corrected chi connectivity index (χ0v) is 13.5. The minimum absolute atomic E-state index is 0.286. The highest BCUT2D eigenvalue weighted by molar-refractivity contribution is 9.09. The Balaban J connectivity index is 4.31. The van der Waals surface area contributed by atoms with Crippen LogP contribution in [0.1, 0.15) is 34.1 Å². The first-order chi connectivity index (χ1) is 8.79. The summed E-state index contributed by atoms with van der Waals surface area (Å²) in [6, 6.07) is 0. The summed E-state index contributed by atoms with van der Waals surface area (Å²) in [5.74, 6) is -0.602. The lowest BCUT2D eigenvalue weighted by atomic mass is 10.1. The Hall–Kier alpha value is -1.10. The van der Waals surface area contributed by atoms with E-state index in [4.69, 9.17) is 9.47 Å². The van der Waals surface area contributed by atoms with E-state index in [0.29, 0.717) is 11.8 Å². The summed E-state index contributed by atoms with van der Waals surface area (Å²) in [6.45, 7) is 6.83. The van der Waals surface area contributed by atoms with E-state index in [1.165, 1.54) is 13.8 Å². The zero-order valence-electron chi connectivity index (χ0n) is 11.9. The highest BCUT2D eigenvalue weighted by atomic mass is 79.9. The van der Waals surface area contributed by atoms with Crippen LogP contribution in [0.4, 0.5) is 0 Å². The molecule has 1 atom stereocenters. The largest absolute Gasteiger partial charge is 0.462 e. The van der Waals surface area contributed by atoms with Crippen LogP contribution in [0, 0.1) is 0 Å². The third kappa shape index (κ3) is 9.47. The van der Waals surface area contributed by atoms with Gasteiger partial charge in [-0.1, -0.05) is 27.6 Å². The number of carbonyl (C=O) groups excluding carboxylic acids is 2. The van der Waals surface area contributed by atoms with Crippen LogP contribution in [0.2, 0.25) is 0 Å². The number of hydrogen-bond acceptors (Lipinski definition) is 4. The van der Waals surface area contributed by atoms with Crippen molar-refractivity contribution in [3.63, 3.8) is 0 Å². The maximum Gasteiger partial charge on any atom is 0.303 e. The Bertz CT molecular complexity index is 374. The molecule has 0 spiro atoms. The van der Waals surface area contributed by atoms with E-state index in [-0.39, 0.29) is 18.5 Å². The smallest absolute Gasteiger partial charge is 0.303 e. The van der Waals surface area contributed by atoms with Crippen LogP contribution in [0.5, 0.6) is 0 Å². The molecule has 0 aliphatic heterocycles. The monoisotopic (exact) mass is 332 g/mol. The molecule has 0 saturated heterocycles. The van der Waals surface area contributed by atoms with Gasteiger partial charge in [0.25, 0.3) is 0 Å². The molecular weight excluding hydrogens is 312 g/mol. The van der Waals surface area contributed by atoms with Gasteiger partial charge in [-0.05, 0) is 32.4 Å². The Labute approximate surface area is 123 Å². The van der Waals surface area contributed by atoms with Crippen molar-refractivity contribution in [2.45, 2.75) is 39.7 Å². The van der Waals surface area contributed by atoms with Crippen molar-refractivity contribution in [1.29, 1.82) is 0 Å². The maximum absolute atomic E-state index is 11.0. The molecule has 1 unspecified atom stereocenters. The van der Waals surface area contributed by atoms with Crippen LogP contribution in [0.3, 0.4) is 0 Å². The molecule has 5 heteroatoms. The van der Waals surface area contributed by atoms with E-state index in [1.807, 2.05) is 32.1 Å². The SMILES string of the molecule is CC(=O)OCC=C(C)CC=CC(C)(CBr)OC(C)=O. The van der Waals surface area contributed by atoms with Gasteiger partial charge in [-0.25, -0.2) is 0 Å². The van der Waals surface area contributed by atoms with E-state index in [0.717, 1.165) is 5.57 Å². The minimum atomic E-state index is -0.637. The summed E-state index contributed by atoms with van der Waals surface area (Å²) in [6.07, 6.45) is 6.35. The molecule has 4 nitrogen and oxygen atoms in total. The van der Waals surface area contributed by atoms with E-state index in [9.17, 15) is 9.59 Å². The number of ether oxygens (including phenoxy) is 2. The van der Waals surface area contributed by atoms with Crippen molar-refractivity contribution in [2.24, 2.45) is 0 Å². The van der Waals surface area contributed by atoms with Gasteiger partial charge in [-0.15, -0.1) is 0 Å². The fourth-order valence-corrected chi connectivity index (χ4v) is 1.61. The van der Waals surface area contributed by atoms with Crippen LogP contribution in [0.15, 0.2) is 23.8 Å². The van der Waals surface area contributed by atoms with Gasteiger partial charge in [0.2, 0.25) is 0 Å². The number of halogens is 1. The normalized spacial score (nSPS) is 15.1. The average Bonchev–Trinajstić information content (AvgIpc) is 2.27. The van der Waals surface area contributed by atoms with Gasteiger partial charge in [-0.3, -0.25) is 9.59 Å². The fourth-order valence-electron chi connectivity index (χ4n) is 1.31. The van der Waals surface area contributed by atoms with Crippen LogP contribution in [-0.2, 0) is 19.1 Å². The summed E-state index contributed by atoms with van der Waals surface area (Å²) >= 11 is 3.33. The number of hydrogen-bond donors (Lipinski definition) is 0. The van der Waals surface area contributed by atoms with Gasteiger partial charge < -0.3 is 9.47 Å². The fraction of sp³-hybridized carbons (Fsp3) is 0.571. The Morgan fingerprint density at radius 1 is 1.21 bits per heavy atom. The second kappa shape index (κ2) is 8.91. The highest BCUT2D eigenvalue weighted by Crippen LogP contribution is 2.17. The lowest BCUT2D eigenvalue weighted by molar-refractivity contribution is -0.149. The van der Waals surface area contributed by atoms with Crippen LogP contribution in [-0.4, -0.2) is 29.5 Å². The first kappa shape index (κ1) is 17.9. The average molecular weight is 333 g/mol. The van der Waals surface area contributed by atoms with Crippen molar-refractivity contribution < 1.29 is 19.1 Å². The van der Waals surface area contributed by atoms with Crippen molar-refractivity contribution in [3.8, 4) is 0 Å². The number of esters is 2. The van der Waals surface area contributed by atoms with E-state index in [2.05, 4.69) is 15.9 Å². The molecule has 19 heavy (non-hydrogen) atoms. The predicted molar refractivity (Wildman–Crippen MR) is 78.1 cm³/mol. The first-order valence-corrected chi connectivity index (χ1v) is 7.13. The van der Waals surface area contributed by atoms with Gasteiger partial charge in [0.05, 0.1) is 0 Å². The van der Waals surface area contributed by atoms with Crippen molar-refractivity contribution in [2.75, 3.05) is 11.9 Å².